The van der Waals surface area contributed by atoms with Crippen molar-refractivity contribution in [2.75, 3.05) is 0 Å². The molecule has 0 saturated carbocycles. The Hall–Kier alpha value is 0.0644. The zero-order valence-corrected chi connectivity index (χ0v) is 4.15. The van der Waals surface area contributed by atoms with E-state index in [-0.39, 0.29) is 18.6 Å². The van der Waals surface area contributed by atoms with Crippen molar-refractivity contribution >= 4 is 0 Å². The summed E-state index contributed by atoms with van der Waals surface area (Å²) in [5, 5.41) is 0. The van der Waals surface area contributed by atoms with Gasteiger partial charge in [0.05, 0.1) is 0 Å². The summed E-state index contributed by atoms with van der Waals surface area (Å²) in [6.07, 6.45) is 2.56. The molecule has 1 heteroatoms. The maximum atomic E-state index is 4.72. The van der Waals surface area contributed by atoms with E-state index in [1.807, 2.05) is 0 Å². The van der Waals surface area contributed by atoms with Gasteiger partial charge in [0.2, 0.25) is 0 Å². The minimum atomic E-state index is 0. The molecule has 0 nitrogen and oxygen atoms in total. The molecule has 0 amide bonds. The van der Waals surface area contributed by atoms with Gasteiger partial charge in [-0.3, -0.25) is 0 Å². The molecule has 0 N–H and O–H groups in total. The Balaban J connectivity index is 0. The molecule has 0 saturated heterocycles. The van der Waals surface area contributed by atoms with Gasteiger partial charge in [-0.05, 0) is 0 Å². The van der Waals surface area contributed by atoms with E-state index < -0.39 is 0 Å². The van der Waals surface area contributed by atoms with Crippen molar-refractivity contribution in [3.05, 3.63) is 25.3 Å². The van der Waals surface area contributed by atoms with Gasteiger partial charge in [0, 0.05) is 0 Å². The third kappa shape index (κ3) is 15.3. The van der Waals surface area contributed by atoms with E-state index in [1.165, 1.54) is 12.2 Å². The van der Waals surface area contributed by atoms with Crippen LogP contribution in [0.1, 0.15) is 0 Å². The van der Waals surface area contributed by atoms with Crippen molar-refractivity contribution in [1.29, 1.82) is 0 Å². The van der Waals surface area contributed by atoms with Crippen molar-refractivity contribution in [2.45, 2.75) is 0 Å². The van der Waals surface area contributed by atoms with Gasteiger partial charge in [0.25, 0.3) is 0 Å². The predicted octanol–water partition coefficient (Wildman–Crippen LogP) is 0.962. The molecule has 1 radical (unpaired) electrons. The Bertz CT molecular complexity index is 24.6. The summed E-state index contributed by atoms with van der Waals surface area (Å²) < 4.78 is 0. The second-order valence-electron chi connectivity index (χ2n) is 0.385. The zero-order valence-electron chi connectivity index (χ0n) is 2.76. The molecule has 0 fully saturated rings. The Morgan fingerprint density at radius 2 is 1.20 bits per heavy atom. The van der Waals surface area contributed by atoms with E-state index in [2.05, 4.69) is 0 Å². The molecule has 0 unspecified atom stereocenters. The van der Waals surface area contributed by atoms with Crippen molar-refractivity contribution in [3.63, 3.8) is 0 Å². The van der Waals surface area contributed by atoms with Gasteiger partial charge in [-0.2, -0.15) is 0 Å². The van der Waals surface area contributed by atoms with E-state index in [9.17, 15) is 0 Å². The smallest absolute Gasteiger partial charge is 0.394 e. The van der Waals surface area contributed by atoms with Crippen molar-refractivity contribution in [2.24, 2.45) is 0 Å². The minimum absolute atomic E-state index is 0. The predicted molar refractivity (Wildman–Crippen MR) is 17.7 cm³/mol. The van der Waals surface area contributed by atoms with E-state index in [0.717, 1.165) is 0 Å². The van der Waals surface area contributed by atoms with Gasteiger partial charge in [-0.25, -0.2) is 0 Å². The van der Waals surface area contributed by atoms with Crippen LogP contribution in [0.4, 0.5) is 0 Å². The topological polar surface area (TPSA) is 0 Å². The molecule has 0 aliphatic heterocycles. The van der Waals surface area contributed by atoms with Crippen LogP contribution in [0.3, 0.4) is 0 Å². The fraction of sp³-hybridized carbons (Fsp3) is 0. The number of allylic oxidation sites excluding steroid dienone is 2. The van der Waals surface area contributed by atoms with E-state index in [0.29, 0.717) is 0 Å². The largest absolute Gasteiger partial charge is 2.00 e. The quantitative estimate of drug-likeness (QED) is 0.342. The third-order valence-electron chi connectivity index (χ3n) is 0.111. The average molecular weight is 103 g/mol. The Morgan fingerprint density at radius 3 is 1.20 bits per heavy atom. The summed E-state index contributed by atoms with van der Waals surface area (Å²) in [6, 6.07) is 0. The van der Waals surface area contributed by atoms with Crippen LogP contribution in [0.15, 0.2) is 12.2 Å². The fourth-order valence-electron chi connectivity index (χ4n) is 0. The Kier molecular flexibility index (Phi) is 16.0. The normalized spacial score (nSPS) is 4.00. The van der Waals surface area contributed by atoms with Gasteiger partial charge in [0.1, 0.15) is 0 Å². The Labute approximate surface area is 44.5 Å². The van der Waals surface area contributed by atoms with Gasteiger partial charge in [-0.15, -0.1) is 0 Å². The van der Waals surface area contributed by atoms with Crippen molar-refractivity contribution in [1.82, 2.24) is 0 Å². The molecule has 0 aliphatic rings. The van der Waals surface area contributed by atoms with Crippen LogP contribution in [-0.4, -0.2) is 0 Å². The number of hydrogen-bond acceptors (Lipinski definition) is 0. The molecule has 0 aromatic carbocycles. The second kappa shape index (κ2) is 8.96. The fourth-order valence-corrected chi connectivity index (χ4v) is 0. The third-order valence-corrected chi connectivity index (χ3v) is 0.111. The molecular weight excluding hydrogens is 99.0 g/mol. The molecule has 0 heterocycles. The summed E-state index contributed by atoms with van der Waals surface area (Å²) in [4.78, 5) is 0. The standard InChI is InChI=1S/C4H4.V/c1-3-4-2;/h1-4H;/q-2;+2. The maximum Gasteiger partial charge on any atom is 2.00 e. The van der Waals surface area contributed by atoms with Crippen molar-refractivity contribution in [3.8, 4) is 0 Å². The summed E-state index contributed by atoms with van der Waals surface area (Å²) in [5.41, 5.74) is 0. The molecule has 0 bridgehead atoms. The first-order chi connectivity index (χ1) is 1.91. The summed E-state index contributed by atoms with van der Waals surface area (Å²) >= 11 is 0. The monoisotopic (exact) mass is 103 g/mol. The molecule has 0 spiro atoms. The SMILES string of the molecule is [CH-]=CC=[CH-].[V+2]. The first-order valence-electron chi connectivity index (χ1n) is 1.00. The maximum absolute atomic E-state index is 4.72. The van der Waals surface area contributed by atoms with Gasteiger partial charge in [-0.1, -0.05) is 0 Å². The van der Waals surface area contributed by atoms with Crippen LogP contribution in [0, 0.1) is 13.2 Å². The van der Waals surface area contributed by atoms with E-state index in [4.69, 9.17) is 13.2 Å². The first kappa shape index (κ1) is 8.91. The van der Waals surface area contributed by atoms with Crippen LogP contribution in [0.2, 0.25) is 0 Å². The van der Waals surface area contributed by atoms with Crippen LogP contribution < -0.4 is 0 Å². The molecule has 0 aromatic heterocycles. The summed E-state index contributed by atoms with van der Waals surface area (Å²) in [6.45, 7) is 9.44. The van der Waals surface area contributed by atoms with Crippen LogP contribution >= 0.6 is 0 Å². The minimum Gasteiger partial charge on any atom is -0.394 e. The molecule has 0 atom stereocenters. The number of hydrogen-bond donors (Lipinski definition) is 0. The van der Waals surface area contributed by atoms with E-state index in [1.54, 1.807) is 0 Å². The molecular formula is C4H4V. The zero-order chi connectivity index (χ0) is 3.41. The first-order valence-corrected chi connectivity index (χ1v) is 1.00. The number of rotatable bonds is 1. The Morgan fingerprint density at radius 1 is 1.00 bits per heavy atom. The van der Waals surface area contributed by atoms with Crippen molar-refractivity contribution < 1.29 is 18.6 Å². The van der Waals surface area contributed by atoms with Crippen LogP contribution in [-0.2, 0) is 18.6 Å². The van der Waals surface area contributed by atoms with Crippen LogP contribution in [0.25, 0.3) is 0 Å². The molecule has 5 heavy (non-hydrogen) atoms. The van der Waals surface area contributed by atoms with Crippen LogP contribution in [0.5, 0.6) is 0 Å². The molecule has 0 aromatic rings. The molecule has 0 aliphatic carbocycles. The summed E-state index contributed by atoms with van der Waals surface area (Å²) in [7, 11) is 0. The average Bonchev–Trinajstić information content (AvgIpc) is 1.37. The summed E-state index contributed by atoms with van der Waals surface area (Å²) in [5.74, 6) is 0. The molecule has 0 rings (SSSR count). The van der Waals surface area contributed by atoms with E-state index >= 15 is 0 Å². The molecule has 25 valence electrons. The van der Waals surface area contributed by atoms with Gasteiger partial charge in [0.15, 0.2) is 0 Å². The van der Waals surface area contributed by atoms with Gasteiger partial charge < -0.3 is 25.3 Å². The second-order valence-corrected chi connectivity index (χ2v) is 0.385. The van der Waals surface area contributed by atoms with Gasteiger partial charge >= 0.3 is 18.6 Å².